The van der Waals surface area contributed by atoms with Crippen molar-refractivity contribution in [3.8, 4) is 34.3 Å². The smallest absolute Gasteiger partial charge is 0.166 e. The molecule has 0 aliphatic carbocycles. The molecule has 0 radical (unpaired) electrons. The van der Waals surface area contributed by atoms with Crippen LogP contribution < -0.4 is 10.5 Å². The van der Waals surface area contributed by atoms with Gasteiger partial charge < -0.3 is 15.0 Å². The number of nitrogens with two attached hydrogens (primary N) is 1. The summed E-state index contributed by atoms with van der Waals surface area (Å²) in [5.74, 6) is 0.175. The SMILES string of the molecule is CC1(C)Oc2cc(cnc2N)-c2c(C#N)ncn2Cc2csnc2-c2ccc(F)cc21. The van der Waals surface area contributed by atoms with Crippen molar-refractivity contribution in [2.24, 2.45) is 0 Å². The van der Waals surface area contributed by atoms with E-state index < -0.39 is 5.60 Å². The molecule has 0 fully saturated rings. The highest BCUT2D eigenvalue weighted by Crippen LogP contribution is 2.40. The van der Waals surface area contributed by atoms with E-state index in [1.165, 1.54) is 23.7 Å². The Hall–Kier alpha value is -3.77. The lowest BCUT2D eigenvalue weighted by molar-refractivity contribution is 0.109. The fraction of sp³-hybridized carbons (Fsp3) is 0.182. The lowest BCUT2D eigenvalue weighted by Gasteiger charge is -2.30. The Morgan fingerprint density at radius 2 is 2.13 bits per heavy atom. The van der Waals surface area contributed by atoms with E-state index in [9.17, 15) is 9.65 Å². The minimum atomic E-state index is -0.940. The molecule has 7 nitrogen and oxygen atoms in total. The number of fused-ring (bicyclic) bond motifs is 7. The van der Waals surface area contributed by atoms with Crippen molar-refractivity contribution in [2.75, 3.05) is 5.73 Å². The number of aromatic nitrogens is 4. The van der Waals surface area contributed by atoms with Crippen molar-refractivity contribution in [3.05, 3.63) is 64.8 Å². The quantitative estimate of drug-likeness (QED) is 0.443. The van der Waals surface area contributed by atoms with Gasteiger partial charge in [0.05, 0.1) is 24.3 Å². The number of halogens is 1. The highest BCUT2D eigenvalue weighted by molar-refractivity contribution is 7.04. The van der Waals surface area contributed by atoms with Crippen LogP contribution in [0.5, 0.6) is 5.75 Å². The van der Waals surface area contributed by atoms with E-state index in [1.54, 1.807) is 24.7 Å². The van der Waals surface area contributed by atoms with E-state index in [1.807, 2.05) is 23.8 Å². The van der Waals surface area contributed by atoms with E-state index in [0.29, 0.717) is 29.1 Å². The zero-order chi connectivity index (χ0) is 21.8. The topological polar surface area (TPSA) is 103 Å². The number of imidazole rings is 1. The van der Waals surface area contributed by atoms with Gasteiger partial charge in [-0.05, 0) is 49.6 Å². The Morgan fingerprint density at radius 1 is 1.29 bits per heavy atom. The van der Waals surface area contributed by atoms with Crippen molar-refractivity contribution >= 4 is 17.4 Å². The van der Waals surface area contributed by atoms with Crippen molar-refractivity contribution in [2.45, 2.75) is 26.0 Å². The van der Waals surface area contributed by atoms with E-state index in [-0.39, 0.29) is 17.3 Å². The predicted molar refractivity (Wildman–Crippen MR) is 115 cm³/mol. The molecule has 9 heteroatoms. The number of ether oxygens (including phenoxy) is 1. The second-order valence-electron chi connectivity index (χ2n) is 7.78. The van der Waals surface area contributed by atoms with Gasteiger partial charge in [-0.2, -0.15) is 9.64 Å². The van der Waals surface area contributed by atoms with Crippen molar-refractivity contribution in [1.82, 2.24) is 18.9 Å². The molecule has 4 heterocycles. The summed E-state index contributed by atoms with van der Waals surface area (Å²) in [6, 6.07) is 8.48. The maximum atomic E-state index is 14.3. The van der Waals surface area contributed by atoms with Crippen molar-refractivity contribution in [3.63, 3.8) is 0 Å². The minimum Gasteiger partial charge on any atom is -0.479 e. The Kier molecular flexibility index (Phi) is 4.27. The number of hydrogen-bond acceptors (Lipinski definition) is 7. The van der Waals surface area contributed by atoms with Gasteiger partial charge in [0.1, 0.15) is 17.5 Å². The average molecular weight is 432 g/mol. The lowest BCUT2D eigenvalue weighted by atomic mass is 9.90. The molecule has 2 bridgehead atoms. The van der Waals surface area contributed by atoms with E-state index in [4.69, 9.17) is 10.5 Å². The summed E-state index contributed by atoms with van der Waals surface area (Å²) in [5, 5.41) is 11.6. The molecule has 0 unspecified atom stereocenters. The Balaban J connectivity index is 1.84. The van der Waals surface area contributed by atoms with Gasteiger partial charge in [-0.1, -0.05) is 0 Å². The molecule has 1 aliphatic rings. The van der Waals surface area contributed by atoms with Crippen LogP contribution in [0.2, 0.25) is 0 Å². The third-order valence-corrected chi connectivity index (χ3v) is 6.01. The van der Waals surface area contributed by atoms with Gasteiger partial charge >= 0.3 is 0 Å². The minimum absolute atomic E-state index is 0.200. The molecule has 1 aromatic carbocycles. The van der Waals surface area contributed by atoms with Gasteiger partial charge in [-0.15, -0.1) is 0 Å². The van der Waals surface area contributed by atoms with Crippen LogP contribution in [0.25, 0.3) is 22.5 Å². The molecule has 0 amide bonds. The molecule has 2 N–H and O–H groups in total. The Labute approximate surface area is 181 Å². The van der Waals surface area contributed by atoms with E-state index >= 15 is 0 Å². The fourth-order valence-electron chi connectivity index (χ4n) is 3.88. The summed E-state index contributed by atoms with van der Waals surface area (Å²) in [5.41, 5.74) is 9.80. The maximum Gasteiger partial charge on any atom is 0.166 e. The number of rotatable bonds is 0. The largest absolute Gasteiger partial charge is 0.479 e. The summed E-state index contributed by atoms with van der Waals surface area (Å²) >= 11 is 1.32. The van der Waals surface area contributed by atoms with Crippen molar-refractivity contribution < 1.29 is 9.13 Å². The highest BCUT2D eigenvalue weighted by Gasteiger charge is 2.30. The van der Waals surface area contributed by atoms with Crippen LogP contribution in [0.1, 0.15) is 30.7 Å². The Morgan fingerprint density at radius 3 is 2.94 bits per heavy atom. The lowest BCUT2D eigenvalue weighted by Crippen LogP contribution is -2.27. The van der Waals surface area contributed by atoms with E-state index in [2.05, 4.69) is 20.4 Å². The molecular formula is C22H17FN6OS. The van der Waals surface area contributed by atoms with Crippen LogP contribution in [0.15, 0.2) is 42.2 Å². The molecule has 5 rings (SSSR count). The number of pyridine rings is 1. The van der Waals surface area contributed by atoms with Crippen LogP contribution in [0.3, 0.4) is 0 Å². The molecule has 31 heavy (non-hydrogen) atoms. The van der Waals surface area contributed by atoms with Crippen LogP contribution >= 0.6 is 11.5 Å². The molecule has 154 valence electrons. The summed E-state index contributed by atoms with van der Waals surface area (Å²) < 4.78 is 27.0. The van der Waals surface area contributed by atoms with Gasteiger partial charge in [0, 0.05) is 33.8 Å². The predicted octanol–water partition coefficient (Wildman–Crippen LogP) is 4.34. The van der Waals surface area contributed by atoms with Crippen LogP contribution in [0, 0.1) is 17.1 Å². The molecule has 3 aromatic heterocycles. The molecule has 4 aromatic rings. The van der Waals surface area contributed by atoms with Gasteiger partial charge in [-0.25, -0.2) is 14.4 Å². The summed E-state index contributed by atoms with van der Waals surface area (Å²) in [6.45, 7) is 4.13. The molecule has 0 saturated heterocycles. The normalized spacial score (nSPS) is 14.1. The number of nitrogen functional groups attached to an aromatic ring is 1. The summed E-state index contributed by atoms with van der Waals surface area (Å²) in [7, 11) is 0. The zero-order valence-corrected chi connectivity index (χ0v) is 17.6. The fourth-order valence-corrected chi connectivity index (χ4v) is 4.57. The second kappa shape index (κ2) is 6.89. The van der Waals surface area contributed by atoms with Gasteiger partial charge in [0.25, 0.3) is 0 Å². The number of nitriles is 1. The third-order valence-electron chi connectivity index (χ3n) is 5.33. The second-order valence-corrected chi connectivity index (χ2v) is 8.41. The molecular weight excluding hydrogens is 415 g/mol. The summed E-state index contributed by atoms with van der Waals surface area (Å²) in [6.07, 6.45) is 3.21. The monoisotopic (exact) mass is 432 g/mol. The van der Waals surface area contributed by atoms with Gasteiger partial charge in [0.15, 0.2) is 17.3 Å². The zero-order valence-electron chi connectivity index (χ0n) is 16.8. The summed E-state index contributed by atoms with van der Waals surface area (Å²) in [4.78, 5) is 8.53. The first-order valence-corrected chi connectivity index (χ1v) is 10.3. The van der Waals surface area contributed by atoms with Crippen LogP contribution in [-0.4, -0.2) is 18.9 Å². The molecule has 0 spiro atoms. The van der Waals surface area contributed by atoms with Crippen molar-refractivity contribution in [1.29, 1.82) is 5.26 Å². The first kappa shape index (κ1) is 19.2. The first-order chi connectivity index (χ1) is 14.9. The Bertz CT molecular complexity index is 1370. The maximum absolute atomic E-state index is 14.3. The number of hydrogen-bond donors (Lipinski definition) is 1. The van der Waals surface area contributed by atoms with Gasteiger partial charge in [-0.3, -0.25) is 0 Å². The van der Waals surface area contributed by atoms with E-state index in [0.717, 1.165) is 16.8 Å². The van der Waals surface area contributed by atoms with Crippen LogP contribution in [-0.2, 0) is 12.1 Å². The highest BCUT2D eigenvalue weighted by atomic mass is 32.1. The third kappa shape index (κ3) is 3.12. The molecule has 0 atom stereocenters. The number of anilines is 1. The van der Waals surface area contributed by atoms with Crippen LogP contribution in [0.4, 0.5) is 10.2 Å². The first-order valence-electron chi connectivity index (χ1n) is 9.51. The standard InChI is InChI=1S/C22H17FN6OS/c1-22(2)16-6-14(23)3-4-15(16)19-13(10-31-28-19)9-29-11-27-17(7-24)20(29)12-5-18(30-22)21(25)26-8-12/h3-6,8,10-11H,9H2,1-2H3,(H2,25,26). The molecule has 1 aliphatic heterocycles. The number of benzene rings is 1. The number of nitrogens with zero attached hydrogens (tertiary/aromatic N) is 5. The molecule has 0 saturated carbocycles. The average Bonchev–Trinajstić information content (AvgIpc) is 3.36. The van der Waals surface area contributed by atoms with Gasteiger partial charge in [0.2, 0.25) is 0 Å².